The Hall–Kier alpha value is -0.960. The minimum absolute atomic E-state index is 0.0629. The normalized spacial score (nSPS) is 13.1. The number of rotatable bonds is 5. The SMILES string of the molecule is CC(N)Cc1ccc(CCC(F)F)cc1. The van der Waals surface area contributed by atoms with Gasteiger partial charge < -0.3 is 5.73 Å². The molecule has 0 amide bonds. The van der Waals surface area contributed by atoms with Crippen LogP contribution >= 0.6 is 0 Å². The maximum absolute atomic E-state index is 12.0. The van der Waals surface area contributed by atoms with Crippen molar-refractivity contribution in [1.82, 2.24) is 0 Å². The van der Waals surface area contributed by atoms with E-state index in [0.29, 0.717) is 6.42 Å². The summed E-state index contributed by atoms with van der Waals surface area (Å²) in [6.07, 6.45) is -1.01. The molecule has 2 N–H and O–H groups in total. The first-order chi connectivity index (χ1) is 7.08. The summed E-state index contributed by atoms with van der Waals surface area (Å²) in [5.74, 6) is 0. The minimum atomic E-state index is -2.21. The fourth-order valence-electron chi connectivity index (χ4n) is 1.49. The molecular weight excluding hydrogens is 196 g/mol. The molecule has 1 aromatic rings. The quantitative estimate of drug-likeness (QED) is 0.799. The van der Waals surface area contributed by atoms with Gasteiger partial charge in [-0.05, 0) is 30.9 Å². The van der Waals surface area contributed by atoms with Gasteiger partial charge in [0.25, 0.3) is 0 Å². The number of aryl methyl sites for hydroxylation is 1. The van der Waals surface area contributed by atoms with Crippen LogP contribution in [0.15, 0.2) is 24.3 Å². The molecule has 0 bridgehead atoms. The van der Waals surface area contributed by atoms with E-state index in [-0.39, 0.29) is 12.5 Å². The zero-order valence-electron chi connectivity index (χ0n) is 8.92. The Balaban J connectivity index is 2.49. The highest BCUT2D eigenvalue weighted by Crippen LogP contribution is 2.10. The lowest BCUT2D eigenvalue weighted by Crippen LogP contribution is -2.17. The lowest BCUT2D eigenvalue weighted by Gasteiger charge is -2.06. The summed E-state index contributed by atoms with van der Waals surface area (Å²) in [4.78, 5) is 0. The molecule has 1 nitrogen and oxygen atoms in total. The molecule has 0 heterocycles. The molecule has 1 rings (SSSR count). The molecule has 1 unspecified atom stereocenters. The maximum atomic E-state index is 12.0. The van der Waals surface area contributed by atoms with Gasteiger partial charge in [0.15, 0.2) is 0 Å². The predicted octanol–water partition coefficient (Wildman–Crippen LogP) is 2.77. The monoisotopic (exact) mass is 213 g/mol. The lowest BCUT2D eigenvalue weighted by atomic mass is 10.0. The van der Waals surface area contributed by atoms with Crippen LogP contribution in [-0.4, -0.2) is 12.5 Å². The third kappa shape index (κ3) is 4.88. The topological polar surface area (TPSA) is 26.0 Å². The largest absolute Gasteiger partial charge is 0.328 e. The Morgan fingerprint density at radius 1 is 1.13 bits per heavy atom. The zero-order chi connectivity index (χ0) is 11.3. The van der Waals surface area contributed by atoms with Crippen LogP contribution in [0, 0.1) is 0 Å². The molecule has 0 saturated heterocycles. The fraction of sp³-hybridized carbons (Fsp3) is 0.500. The van der Waals surface area contributed by atoms with E-state index in [4.69, 9.17) is 5.73 Å². The van der Waals surface area contributed by atoms with Gasteiger partial charge in [0, 0.05) is 12.5 Å². The molecule has 1 aromatic carbocycles. The summed E-state index contributed by atoms with van der Waals surface area (Å²) < 4.78 is 23.9. The van der Waals surface area contributed by atoms with Gasteiger partial charge in [-0.25, -0.2) is 8.78 Å². The van der Waals surface area contributed by atoms with Gasteiger partial charge in [0.05, 0.1) is 0 Å². The molecule has 0 fully saturated rings. The first-order valence-corrected chi connectivity index (χ1v) is 5.19. The Bertz CT molecular complexity index is 280. The van der Waals surface area contributed by atoms with E-state index < -0.39 is 6.43 Å². The molecule has 15 heavy (non-hydrogen) atoms. The highest BCUT2D eigenvalue weighted by molar-refractivity contribution is 5.23. The van der Waals surface area contributed by atoms with Crippen molar-refractivity contribution in [3.63, 3.8) is 0 Å². The van der Waals surface area contributed by atoms with Crippen molar-refractivity contribution in [2.24, 2.45) is 5.73 Å². The molecular formula is C12H17F2N. The van der Waals surface area contributed by atoms with Crippen molar-refractivity contribution in [3.8, 4) is 0 Å². The first kappa shape index (κ1) is 12.1. The van der Waals surface area contributed by atoms with Gasteiger partial charge >= 0.3 is 0 Å². The molecule has 0 aromatic heterocycles. The second-order valence-electron chi connectivity index (χ2n) is 3.93. The summed E-state index contributed by atoms with van der Waals surface area (Å²) in [5, 5.41) is 0. The van der Waals surface area contributed by atoms with Crippen molar-refractivity contribution in [3.05, 3.63) is 35.4 Å². The molecule has 84 valence electrons. The molecule has 0 saturated carbocycles. The van der Waals surface area contributed by atoms with Crippen LogP contribution < -0.4 is 5.73 Å². The van der Waals surface area contributed by atoms with Crippen LogP contribution in [0.4, 0.5) is 8.78 Å². The third-order valence-corrected chi connectivity index (χ3v) is 2.23. The minimum Gasteiger partial charge on any atom is -0.328 e. The van der Waals surface area contributed by atoms with Crippen molar-refractivity contribution in [2.75, 3.05) is 0 Å². The Labute approximate surface area is 89.3 Å². The molecule has 0 aliphatic rings. The van der Waals surface area contributed by atoms with Crippen LogP contribution in [0.5, 0.6) is 0 Å². The second-order valence-corrected chi connectivity index (χ2v) is 3.93. The number of hydrogen-bond donors (Lipinski definition) is 1. The van der Waals surface area contributed by atoms with Gasteiger partial charge in [-0.3, -0.25) is 0 Å². The molecule has 0 radical (unpaired) electrons. The Morgan fingerprint density at radius 3 is 2.13 bits per heavy atom. The van der Waals surface area contributed by atoms with E-state index in [2.05, 4.69) is 0 Å². The standard InChI is InChI=1S/C12H17F2N/c1-9(15)8-11-4-2-10(3-5-11)6-7-12(13)14/h2-5,9,12H,6-8,15H2,1H3. The van der Waals surface area contributed by atoms with E-state index in [0.717, 1.165) is 17.5 Å². The first-order valence-electron chi connectivity index (χ1n) is 5.19. The van der Waals surface area contributed by atoms with E-state index in [1.54, 1.807) is 0 Å². The summed E-state index contributed by atoms with van der Waals surface area (Å²) >= 11 is 0. The smallest absolute Gasteiger partial charge is 0.239 e. The number of nitrogens with two attached hydrogens (primary N) is 1. The summed E-state index contributed by atoms with van der Waals surface area (Å²) in [6, 6.07) is 7.87. The summed E-state index contributed by atoms with van der Waals surface area (Å²) in [5.41, 5.74) is 7.78. The second kappa shape index (κ2) is 5.81. The summed E-state index contributed by atoms with van der Waals surface area (Å²) in [7, 11) is 0. The van der Waals surface area contributed by atoms with Crippen LogP contribution in [0.2, 0.25) is 0 Å². The van der Waals surface area contributed by atoms with Crippen LogP contribution in [0.25, 0.3) is 0 Å². The third-order valence-electron chi connectivity index (χ3n) is 2.23. The molecule has 0 spiro atoms. The highest BCUT2D eigenvalue weighted by atomic mass is 19.3. The van der Waals surface area contributed by atoms with E-state index in [1.165, 1.54) is 0 Å². The van der Waals surface area contributed by atoms with Crippen LogP contribution in [0.1, 0.15) is 24.5 Å². The lowest BCUT2D eigenvalue weighted by molar-refractivity contribution is 0.138. The highest BCUT2D eigenvalue weighted by Gasteiger charge is 2.03. The van der Waals surface area contributed by atoms with Gasteiger partial charge in [-0.15, -0.1) is 0 Å². The predicted molar refractivity (Wildman–Crippen MR) is 58.1 cm³/mol. The van der Waals surface area contributed by atoms with Crippen molar-refractivity contribution in [2.45, 2.75) is 38.7 Å². The van der Waals surface area contributed by atoms with E-state index >= 15 is 0 Å². The fourth-order valence-corrected chi connectivity index (χ4v) is 1.49. The number of hydrogen-bond acceptors (Lipinski definition) is 1. The van der Waals surface area contributed by atoms with E-state index in [9.17, 15) is 8.78 Å². The average Bonchev–Trinajstić information content (AvgIpc) is 2.16. The Kier molecular flexibility index (Phi) is 4.69. The van der Waals surface area contributed by atoms with Gasteiger partial charge in [0.1, 0.15) is 0 Å². The van der Waals surface area contributed by atoms with Gasteiger partial charge in [-0.1, -0.05) is 24.3 Å². The van der Waals surface area contributed by atoms with Crippen LogP contribution in [-0.2, 0) is 12.8 Å². The van der Waals surface area contributed by atoms with Crippen molar-refractivity contribution in [1.29, 1.82) is 0 Å². The number of benzene rings is 1. The summed E-state index contributed by atoms with van der Waals surface area (Å²) in [6.45, 7) is 1.95. The molecule has 1 atom stereocenters. The van der Waals surface area contributed by atoms with Crippen molar-refractivity contribution >= 4 is 0 Å². The van der Waals surface area contributed by atoms with E-state index in [1.807, 2.05) is 31.2 Å². The Morgan fingerprint density at radius 2 is 1.67 bits per heavy atom. The van der Waals surface area contributed by atoms with Crippen LogP contribution in [0.3, 0.4) is 0 Å². The van der Waals surface area contributed by atoms with Gasteiger partial charge in [-0.2, -0.15) is 0 Å². The molecule has 0 aliphatic carbocycles. The van der Waals surface area contributed by atoms with Crippen molar-refractivity contribution < 1.29 is 8.78 Å². The molecule has 0 aliphatic heterocycles. The molecule has 3 heteroatoms. The number of halogens is 2. The maximum Gasteiger partial charge on any atom is 0.239 e. The zero-order valence-corrected chi connectivity index (χ0v) is 8.92. The van der Waals surface area contributed by atoms with Gasteiger partial charge in [0.2, 0.25) is 6.43 Å². The average molecular weight is 213 g/mol. The number of alkyl halides is 2.